The van der Waals surface area contributed by atoms with Gasteiger partial charge < -0.3 is 15.0 Å². The van der Waals surface area contributed by atoms with Crippen LogP contribution in [0.2, 0.25) is 0 Å². The number of fused-ring (bicyclic) bond motifs is 1. The first-order valence-electron chi connectivity index (χ1n) is 9.65. The Labute approximate surface area is 164 Å². The molecule has 2 amide bonds. The smallest absolute Gasteiger partial charge is 0.341 e. The monoisotopic (exact) mass is 392 g/mol. The molecule has 0 radical (unpaired) electrons. The quantitative estimate of drug-likeness (QED) is 0.797. The van der Waals surface area contributed by atoms with Crippen LogP contribution in [0.25, 0.3) is 0 Å². The van der Waals surface area contributed by atoms with E-state index in [9.17, 15) is 14.4 Å². The van der Waals surface area contributed by atoms with E-state index in [2.05, 4.69) is 5.32 Å². The zero-order valence-electron chi connectivity index (χ0n) is 16.5. The number of amides is 2. The largest absolute Gasteiger partial charge is 0.462 e. The lowest BCUT2D eigenvalue weighted by Crippen LogP contribution is -2.42. The maximum Gasteiger partial charge on any atom is 0.341 e. The fraction of sp³-hybridized carbons (Fsp3) is 0.650. The second kappa shape index (κ2) is 7.62. The number of anilines is 1. The molecule has 0 saturated carbocycles. The topological polar surface area (TPSA) is 75.7 Å². The third kappa shape index (κ3) is 4.03. The summed E-state index contributed by atoms with van der Waals surface area (Å²) < 4.78 is 5.23. The Morgan fingerprint density at radius 3 is 2.59 bits per heavy atom. The Bertz CT molecular complexity index is 763. The number of ether oxygens (including phenoxy) is 1. The van der Waals surface area contributed by atoms with Crippen LogP contribution >= 0.6 is 11.3 Å². The highest BCUT2D eigenvalue weighted by Crippen LogP contribution is 2.39. The number of likely N-dealkylation sites (tertiary alicyclic amines) is 1. The van der Waals surface area contributed by atoms with Crippen molar-refractivity contribution in [2.45, 2.75) is 65.3 Å². The summed E-state index contributed by atoms with van der Waals surface area (Å²) in [4.78, 5) is 40.6. The SMILES string of the molecule is CCOC(=O)c1c(NC(=O)C2CC(=O)N(C(C)(C)C)C2)sc2c1CCCC2. The van der Waals surface area contributed by atoms with Crippen LogP contribution in [0.1, 0.15) is 67.8 Å². The third-order valence-corrected chi connectivity index (χ3v) is 6.40. The van der Waals surface area contributed by atoms with Crippen LogP contribution in [0.5, 0.6) is 0 Å². The van der Waals surface area contributed by atoms with E-state index in [-0.39, 0.29) is 29.7 Å². The molecule has 6 nitrogen and oxygen atoms in total. The van der Waals surface area contributed by atoms with Gasteiger partial charge >= 0.3 is 5.97 Å². The van der Waals surface area contributed by atoms with Gasteiger partial charge in [-0.3, -0.25) is 9.59 Å². The number of thiophene rings is 1. The van der Waals surface area contributed by atoms with Gasteiger partial charge in [0.15, 0.2) is 0 Å². The zero-order chi connectivity index (χ0) is 19.8. The fourth-order valence-electron chi connectivity index (χ4n) is 3.82. The van der Waals surface area contributed by atoms with Gasteiger partial charge in [-0.05, 0) is 58.9 Å². The van der Waals surface area contributed by atoms with Crippen molar-refractivity contribution in [2.75, 3.05) is 18.5 Å². The molecule has 2 heterocycles. The first kappa shape index (κ1) is 19.9. The first-order chi connectivity index (χ1) is 12.7. The van der Waals surface area contributed by atoms with E-state index >= 15 is 0 Å². The molecule has 1 aromatic rings. The summed E-state index contributed by atoms with van der Waals surface area (Å²) in [7, 11) is 0. The summed E-state index contributed by atoms with van der Waals surface area (Å²) in [5.41, 5.74) is 1.24. The Morgan fingerprint density at radius 2 is 1.96 bits per heavy atom. The zero-order valence-corrected chi connectivity index (χ0v) is 17.3. The minimum Gasteiger partial charge on any atom is -0.462 e. The van der Waals surface area contributed by atoms with E-state index in [1.807, 2.05) is 20.8 Å². The van der Waals surface area contributed by atoms with Gasteiger partial charge in [0.2, 0.25) is 11.8 Å². The maximum atomic E-state index is 12.8. The number of nitrogens with one attached hydrogen (secondary N) is 1. The highest BCUT2D eigenvalue weighted by molar-refractivity contribution is 7.17. The molecule has 0 bridgehead atoms. The van der Waals surface area contributed by atoms with E-state index in [1.54, 1.807) is 11.8 Å². The molecule has 2 aliphatic rings. The number of rotatable bonds is 4. The highest BCUT2D eigenvalue weighted by atomic mass is 32.1. The maximum absolute atomic E-state index is 12.8. The van der Waals surface area contributed by atoms with Gasteiger partial charge in [0, 0.05) is 23.4 Å². The molecule has 1 N–H and O–H groups in total. The number of hydrogen-bond acceptors (Lipinski definition) is 5. The van der Waals surface area contributed by atoms with Gasteiger partial charge in [0.25, 0.3) is 0 Å². The molecular weight excluding hydrogens is 364 g/mol. The van der Waals surface area contributed by atoms with Crippen molar-refractivity contribution >= 4 is 34.1 Å². The summed E-state index contributed by atoms with van der Waals surface area (Å²) in [6.07, 6.45) is 4.13. The third-order valence-electron chi connectivity index (χ3n) is 5.19. The second-order valence-corrected chi connectivity index (χ2v) is 9.31. The van der Waals surface area contributed by atoms with Gasteiger partial charge in [0.05, 0.1) is 18.1 Å². The van der Waals surface area contributed by atoms with Crippen LogP contribution in [-0.4, -0.2) is 41.4 Å². The first-order valence-corrected chi connectivity index (χ1v) is 10.5. The Morgan fingerprint density at radius 1 is 1.26 bits per heavy atom. The van der Waals surface area contributed by atoms with Crippen molar-refractivity contribution in [3.8, 4) is 0 Å². The normalized spacial score (nSPS) is 19.8. The molecule has 1 aliphatic carbocycles. The number of carbonyl (C=O) groups excluding carboxylic acids is 3. The van der Waals surface area contributed by atoms with Gasteiger partial charge in [0.1, 0.15) is 5.00 Å². The van der Waals surface area contributed by atoms with Crippen molar-refractivity contribution < 1.29 is 19.1 Å². The molecule has 27 heavy (non-hydrogen) atoms. The lowest BCUT2D eigenvalue weighted by Gasteiger charge is -2.31. The summed E-state index contributed by atoms with van der Waals surface area (Å²) in [6, 6.07) is 0. The van der Waals surface area contributed by atoms with Gasteiger partial charge in [-0.15, -0.1) is 11.3 Å². The van der Waals surface area contributed by atoms with E-state index in [1.165, 1.54) is 16.2 Å². The van der Waals surface area contributed by atoms with Crippen molar-refractivity contribution in [3.63, 3.8) is 0 Å². The van der Waals surface area contributed by atoms with Crippen LogP contribution in [0.15, 0.2) is 0 Å². The molecule has 3 rings (SSSR count). The molecule has 1 saturated heterocycles. The van der Waals surface area contributed by atoms with Crippen molar-refractivity contribution in [1.29, 1.82) is 0 Å². The van der Waals surface area contributed by atoms with Crippen molar-refractivity contribution in [2.24, 2.45) is 5.92 Å². The predicted molar refractivity (Wildman–Crippen MR) is 105 cm³/mol. The van der Waals surface area contributed by atoms with Gasteiger partial charge in [-0.1, -0.05) is 0 Å². The van der Waals surface area contributed by atoms with E-state index < -0.39 is 5.92 Å². The Kier molecular flexibility index (Phi) is 5.60. The van der Waals surface area contributed by atoms with E-state index in [4.69, 9.17) is 4.74 Å². The molecule has 1 unspecified atom stereocenters. The number of esters is 1. The average molecular weight is 393 g/mol. The average Bonchev–Trinajstić information content (AvgIpc) is 3.15. The Balaban J connectivity index is 1.81. The van der Waals surface area contributed by atoms with E-state index in [0.29, 0.717) is 23.7 Å². The van der Waals surface area contributed by atoms with Crippen LogP contribution in [0.3, 0.4) is 0 Å². The summed E-state index contributed by atoms with van der Waals surface area (Å²) in [6.45, 7) is 8.40. The second-order valence-electron chi connectivity index (χ2n) is 8.20. The van der Waals surface area contributed by atoms with Crippen LogP contribution < -0.4 is 5.32 Å². The molecule has 1 aromatic heterocycles. The predicted octanol–water partition coefficient (Wildman–Crippen LogP) is 3.39. The molecule has 0 aromatic carbocycles. The molecule has 0 spiro atoms. The number of carbonyl (C=O) groups is 3. The Hall–Kier alpha value is -1.89. The number of hydrogen-bond donors (Lipinski definition) is 1. The summed E-state index contributed by atoms with van der Waals surface area (Å²) in [5.74, 6) is -0.963. The summed E-state index contributed by atoms with van der Waals surface area (Å²) >= 11 is 1.48. The summed E-state index contributed by atoms with van der Waals surface area (Å²) in [5, 5.41) is 3.52. The molecule has 1 atom stereocenters. The number of aryl methyl sites for hydroxylation is 1. The minimum atomic E-state index is -0.397. The lowest BCUT2D eigenvalue weighted by atomic mass is 9.95. The van der Waals surface area contributed by atoms with Crippen molar-refractivity contribution in [1.82, 2.24) is 4.90 Å². The lowest BCUT2D eigenvalue weighted by molar-refractivity contribution is -0.131. The van der Waals surface area contributed by atoms with Crippen LogP contribution in [-0.2, 0) is 27.2 Å². The van der Waals surface area contributed by atoms with E-state index in [0.717, 1.165) is 31.2 Å². The van der Waals surface area contributed by atoms with Crippen molar-refractivity contribution in [3.05, 3.63) is 16.0 Å². The highest BCUT2D eigenvalue weighted by Gasteiger charge is 2.40. The molecule has 1 fully saturated rings. The molecular formula is C20H28N2O4S. The van der Waals surface area contributed by atoms with Gasteiger partial charge in [-0.25, -0.2) is 4.79 Å². The molecule has 7 heteroatoms. The van der Waals surface area contributed by atoms with Gasteiger partial charge in [-0.2, -0.15) is 0 Å². The minimum absolute atomic E-state index is 0.00117. The fourth-order valence-corrected chi connectivity index (χ4v) is 5.10. The van der Waals surface area contributed by atoms with Crippen LogP contribution in [0.4, 0.5) is 5.00 Å². The van der Waals surface area contributed by atoms with Crippen LogP contribution in [0, 0.1) is 5.92 Å². The molecule has 1 aliphatic heterocycles. The number of nitrogens with zero attached hydrogens (tertiary/aromatic N) is 1. The molecule has 148 valence electrons. The standard InChI is InChI=1S/C20H28N2O4S/c1-5-26-19(25)16-13-8-6-7-9-14(13)27-18(16)21-17(24)12-10-15(23)22(11-12)20(2,3)4/h12H,5-11H2,1-4H3,(H,21,24).